The maximum Gasteiger partial charge on any atom is 0.242 e. The largest absolute Gasteiger partial charge is 0.345 e. The fourth-order valence-electron chi connectivity index (χ4n) is 1.16. The topological polar surface area (TPSA) is 84.4 Å². The van der Waals surface area contributed by atoms with Crippen molar-refractivity contribution in [2.75, 3.05) is 19.6 Å². The van der Waals surface area contributed by atoms with Crippen molar-refractivity contribution in [1.29, 1.82) is 0 Å². The van der Waals surface area contributed by atoms with E-state index in [1.165, 1.54) is 0 Å². The third-order valence-corrected chi connectivity index (χ3v) is 1.91. The summed E-state index contributed by atoms with van der Waals surface area (Å²) in [4.78, 5) is 23.6. The monoisotopic (exact) mass is 187 g/mol. The molecule has 0 aliphatic carbocycles. The SMILES string of the molecule is CCCCN1CC(=O)NCC1=O.N. The molecule has 4 N–H and O–H groups in total. The molecule has 76 valence electrons. The van der Waals surface area contributed by atoms with Crippen LogP contribution in [0.2, 0.25) is 0 Å². The summed E-state index contributed by atoms with van der Waals surface area (Å²) < 4.78 is 0. The number of carbonyl (C=O) groups excluding carboxylic acids is 2. The summed E-state index contributed by atoms with van der Waals surface area (Å²) >= 11 is 0. The molecule has 2 amide bonds. The van der Waals surface area contributed by atoms with Gasteiger partial charge in [-0.1, -0.05) is 13.3 Å². The Balaban J connectivity index is 0.00000144. The van der Waals surface area contributed by atoms with Gasteiger partial charge in [-0.15, -0.1) is 0 Å². The molecule has 1 heterocycles. The van der Waals surface area contributed by atoms with Crippen molar-refractivity contribution >= 4 is 11.8 Å². The predicted molar refractivity (Wildman–Crippen MR) is 49.5 cm³/mol. The van der Waals surface area contributed by atoms with E-state index in [0.717, 1.165) is 12.8 Å². The fourth-order valence-corrected chi connectivity index (χ4v) is 1.16. The summed E-state index contributed by atoms with van der Waals surface area (Å²) in [5, 5.41) is 2.51. The zero-order valence-corrected chi connectivity index (χ0v) is 8.01. The second-order valence-corrected chi connectivity index (χ2v) is 2.95. The lowest BCUT2D eigenvalue weighted by Gasteiger charge is -2.26. The van der Waals surface area contributed by atoms with Crippen LogP contribution in [0.1, 0.15) is 19.8 Å². The highest BCUT2D eigenvalue weighted by molar-refractivity contribution is 5.92. The quantitative estimate of drug-likeness (QED) is 0.647. The average Bonchev–Trinajstić information content (AvgIpc) is 2.07. The minimum atomic E-state index is -0.0503. The van der Waals surface area contributed by atoms with E-state index < -0.39 is 0 Å². The zero-order valence-electron chi connectivity index (χ0n) is 8.01. The van der Waals surface area contributed by atoms with Crippen molar-refractivity contribution in [2.24, 2.45) is 0 Å². The third kappa shape index (κ3) is 3.42. The third-order valence-electron chi connectivity index (χ3n) is 1.91. The minimum absolute atomic E-state index is 0. The molecule has 1 saturated heterocycles. The van der Waals surface area contributed by atoms with E-state index in [-0.39, 0.29) is 31.1 Å². The van der Waals surface area contributed by atoms with Crippen molar-refractivity contribution in [3.63, 3.8) is 0 Å². The second kappa shape index (κ2) is 5.53. The van der Waals surface area contributed by atoms with Crippen LogP contribution in [-0.2, 0) is 9.59 Å². The standard InChI is InChI=1S/C8H14N2O2.H3N/c1-2-3-4-10-6-7(11)9-5-8(10)12;/h2-6H2,1H3,(H,9,11);1H3. The average molecular weight is 187 g/mol. The Morgan fingerprint density at radius 1 is 1.46 bits per heavy atom. The Morgan fingerprint density at radius 2 is 2.15 bits per heavy atom. The first-order chi connectivity index (χ1) is 5.74. The fraction of sp³-hybridized carbons (Fsp3) is 0.750. The molecular formula is C8H17N3O2. The van der Waals surface area contributed by atoms with Crippen molar-refractivity contribution in [3.8, 4) is 0 Å². The number of nitrogens with one attached hydrogen (secondary N) is 1. The van der Waals surface area contributed by atoms with Gasteiger partial charge in [0.15, 0.2) is 0 Å². The van der Waals surface area contributed by atoms with E-state index in [0.29, 0.717) is 6.54 Å². The van der Waals surface area contributed by atoms with Crippen LogP contribution in [-0.4, -0.2) is 36.3 Å². The van der Waals surface area contributed by atoms with Gasteiger partial charge < -0.3 is 16.4 Å². The first-order valence-corrected chi connectivity index (χ1v) is 4.28. The molecule has 0 saturated carbocycles. The Morgan fingerprint density at radius 3 is 2.77 bits per heavy atom. The normalized spacial score (nSPS) is 16.5. The number of carbonyl (C=O) groups is 2. The molecule has 0 bridgehead atoms. The summed E-state index contributed by atoms with van der Waals surface area (Å²) in [6.07, 6.45) is 2.02. The molecule has 5 nitrogen and oxygen atoms in total. The molecular weight excluding hydrogens is 170 g/mol. The lowest BCUT2D eigenvalue weighted by atomic mass is 10.3. The van der Waals surface area contributed by atoms with Gasteiger partial charge in [0.2, 0.25) is 11.8 Å². The molecule has 0 spiro atoms. The zero-order chi connectivity index (χ0) is 8.97. The molecule has 5 heteroatoms. The van der Waals surface area contributed by atoms with Gasteiger partial charge in [0, 0.05) is 6.54 Å². The molecule has 0 atom stereocenters. The highest BCUT2D eigenvalue weighted by atomic mass is 16.2. The molecule has 0 aromatic heterocycles. The van der Waals surface area contributed by atoms with Gasteiger partial charge in [0.25, 0.3) is 0 Å². The van der Waals surface area contributed by atoms with Crippen molar-refractivity contribution in [3.05, 3.63) is 0 Å². The van der Waals surface area contributed by atoms with Crippen LogP contribution in [0.15, 0.2) is 0 Å². The smallest absolute Gasteiger partial charge is 0.242 e. The van der Waals surface area contributed by atoms with Gasteiger partial charge in [-0.3, -0.25) is 9.59 Å². The number of amides is 2. The molecule has 1 fully saturated rings. The summed E-state index contributed by atoms with van der Waals surface area (Å²) in [5.41, 5.74) is 0. The lowest BCUT2D eigenvalue weighted by molar-refractivity contribution is -0.140. The molecule has 0 aromatic carbocycles. The van der Waals surface area contributed by atoms with Gasteiger partial charge >= 0.3 is 0 Å². The van der Waals surface area contributed by atoms with Crippen LogP contribution in [0.25, 0.3) is 0 Å². The van der Waals surface area contributed by atoms with Crippen LogP contribution >= 0.6 is 0 Å². The lowest BCUT2D eigenvalue weighted by Crippen LogP contribution is -2.51. The van der Waals surface area contributed by atoms with Crippen molar-refractivity contribution in [2.45, 2.75) is 19.8 Å². The Hall–Kier alpha value is -1.10. The van der Waals surface area contributed by atoms with Crippen LogP contribution in [0.3, 0.4) is 0 Å². The molecule has 0 aromatic rings. The summed E-state index contributed by atoms with van der Waals surface area (Å²) in [7, 11) is 0. The highest BCUT2D eigenvalue weighted by Gasteiger charge is 2.21. The van der Waals surface area contributed by atoms with Crippen LogP contribution in [0.4, 0.5) is 0 Å². The molecule has 1 aliphatic heterocycles. The van der Waals surface area contributed by atoms with Gasteiger partial charge in [0.05, 0.1) is 13.1 Å². The van der Waals surface area contributed by atoms with Gasteiger partial charge in [0.1, 0.15) is 0 Å². The minimum Gasteiger partial charge on any atom is -0.345 e. The van der Waals surface area contributed by atoms with Crippen molar-refractivity contribution < 1.29 is 9.59 Å². The number of rotatable bonds is 3. The van der Waals surface area contributed by atoms with E-state index in [9.17, 15) is 9.59 Å². The van der Waals surface area contributed by atoms with Gasteiger partial charge in [-0.2, -0.15) is 0 Å². The van der Waals surface area contributed by atoms with Gasteiger partial charge in [-0.05, 0) is 6.42 Å². The number of nitrogens with zero attached hydrogens (tertiary/aromatic N) is 1. The van der Waals surface area contributed by atoms with E-state index in [1.54, 1.807) is 4.90 Å². The second-order valence-electron chi connectivity index (χ2n) is 2.95. The Labute approximate surface area is 78.1 Å². The summed E-state index contributed by atoms with van der Waals surface area (Å²) in [6.45, 7) is 3.18. The first-order valence-electron chi connectivity index (χ1n) is 4.28. The Kier molecular flexibility index (Phi) is 5.06. The maximum absolute atomic E-state index is 11.2. The number of hydrogen-bond donors (Lipinski definition) is 2. The van der Waals surface area contributed by atoms with Gasteiger partial charge in [-0.25, -0.2) is 0 Å². The highest BCUT2D eigenvalue weighted by Crippen LogP contribution is 1.98. The van der Waals surface area contributed by atoms with Crippen LogP contribution < -0.4 is 11.5 Å². The predicted octanol–water partition coefficient (Wildman–Crippen LogP) is -0.0931. The summed E-state index contributed by atoms with van der Waals surface area (Å²) in [5.74, 6) is -0.0197. The van der Waals surface area contributed by atoms with E-state index in [4.69, 9.17) is 0 Å². The molecule has 1 rings (SSSR count). The van der Waals surface area contributed by atoms with E-state index >= 15 is 0 Å². The van der Waals surface area contributed by atoms with Crippen molar-refractivity contribution in [1.82, 2.24) is 16.4 Å². The number of hydrogen-bond acceptors (Lipinski definition) is 3. The molecule has 1 aliphatic rings. The van der Waals surface area contributed by atoms with Crippen LogP contribution in [0, 0.1) is 0 Å². The molecule has 13 heavy (non-hydrogen) atoms. The number of piperazine rings is 1. The molecule has 0 unspecified atom stereocenters. The summed E-state index contributed by atoms with van der Waals surface area (Å²) in [6, 6.07) is 0. The van der Waals surface area contributed by atoms with E-state index in [2.05, 4.69) is 12.2 Å². The van der Waals surface area contributed by atoms with Crippen LogP contribution in [0.5, 0.6) is 0 Å². The molecule has 0 radical (unpaired) electrons. The first kappa shape index (κ1) is 11.9. The number of unbranched alkanes of at least 4 members (excludes halogenated alkanes) is 1. The maximum atomic E-state index is 11.2. The Bertz CT molecular complexity index is 194. The van der Waals surface area contributed by atoms with E-state index in [1.807, 2.05) is 0 Å².